The predicted molar refractivity (Wildman–Crippen MR) is 53.8 cm³/mol. The van der Waals surface area contributed by atoms with Gasteiger partial charge in [-0.15, -0.1) is 0 Å². The molecular weight excluding hydrogens is 176 g/mol. The van der Waals surface area contributed by atoms with Crippen molar-refractivity contribution in [3.8, 4) is 11.8 Å². The third-order valence-electron chi connectivity index (χ3n) is 1.72. The minimum atomic E-state index is 0.0883. The van der Waals surface area contributed by atoms with Crippen LogP contribution in [-0.4, -0.2) is 12.1 Å². The normalized spacial score (nSPS) is 8.64. The number of carbonyl (C=O) groups is 2. The molecule has 0 fully saturated rings. The minimum Gasteiger partial charge on any atom is -0.300 e. The number of ketones is 1. The van der Waals surface area contributed by atoms with E-state index in [-0.39, 0.29) is 5.78 Å². The summed E-state index contributed by atoms with van der Waals surface area (Å²) in [5, 5.41) is 0. The van der Waals surface area contributed by atoms with Crippen molar-refractivity contribution in [3.05, 3.63) is 35.4 Å². The quantitative estimate of drug-likeness (QED) is 0.516. The maximum Gasteiger partial charge on any atom is 0.193 e. The fraction of sp³-hybridized carbons (Fsp3) is 0.167. The molecule has 0 radical (unpaired) electrons. The number of Topliss-reactive ketones (excluding diaryl/α,β-unsaturated/α-hetero) is 1. The van der Waals surface area contributed by atoms with Crippen molar-refractivity contribution in [2.75, 3.05) is 0 Å². The molecule has 0 atom stereocenters. The van der Waals surface area contributed by atoms with E-state index in [1.54, 1.807) is 6.07 Å². The average molecular weight is 186 g/mol. The van der Waals surface area contributed by atoms with E-state index in [0.29, 0.717) is 12.7 Å². The zero-order chi connectivity index (χ0) is 10.4. The van der Waals surface area contributed by atoms with Crippen molar-refractivity contribution in [1.82, 2.24) is 0 Å². The van der Waals surface area contributed by atoms with Crippen LogP contribution in [0.1, 0.15) is 18.1 Å². The van der Waals surface area contributed by atoms with Crippen molar-refractivity contribution >= 4 is 12.1 Å². The van der Waals surface area contributed by atoms with E-state index in [1.165, 1.54) is 6.92 Å². The third kappa shape index (κ3) is 2.87. The molecule has 0 heterocycles. The van der Waals surface area contributed by atoms with Gasteiger partial charge in [0.05, 0.1) is 0 Å². The minimum absolute atomic E-state index is 0.0883. The molecule has 1 rings (SSSR count). The van der Waals surface area contributed by atoms with Crippen molar-refractivity contribution in [1.29, 1.82) is 0 Å². The summed E-state index contributed by atoms with van der Waals surface area (Å²) in [4.78, 5) is 21.0. The highest BCUT2D eigenvalue weighted by Gasteiger charge is 2.01. The monoisotopic (exact) mass is 186 g/mol. The lowest BCUT2D eigenvalue weighted by atomic mass is 10.0. The van der Waals surface area contributed by atoms with Crippen molar-refractivity contribution in [2.24, 2.45) is 0 Å². The van der Waals surface area contributed by atoms with Gasteiger partial charge in [-0.25, -0.2) is 0 Å². The molecule has 14 heavy (non-hydrogen) atoms. The molecule has 0 unspecified atom stereocenters. The van der Waals surface area contributed by atoms with Crippen LogP contribution in [0.25, 0.3) is 0 Å². The smallest absolute Gasteiger partial charge is 0.193 e. The first kappa shape index (κ1) is 10.2. The first-order valence-corrected chi connectivity index (χ1v) is 4.26. The van der Waals surface area contributed by atoms with E-state index in [4.69, 9.17) is 0 Å². The maximum atomic E-state index is 10.9. The Balaban J connectivity index is 3.02. The molecule has 0 aliphatic carbocycles. The number of benzene rings is 1. The van der Waals surface area contributed by atoms with Crippen LogP contribution in [0, 0.1) is 11.8 Å². The molecule has 1 aromatic carbocycles. The van der Waals surface area contributed by atoms with Crippen molar-refractivity contribution < 1.29 is 9.59 Å². The Bertz CT molecular complexity index is 408. The third-order valence-corrected chi connectivity index (χ3v) is 1.72. The van der Waals surface area contributed by atoms with Crippen LogP contribution in [0.2, 0.25) is 0 Å². The Morgan fingerprint density at radius 1 is 1.43 bits per heavy atom. The highest BCUT2D eigenvalue weighted by Crippen LogP contribution is 2.08. The maximum absolute atomic E-state index is 10.9. The van der Waals surface area contributed by atoms with Crippen LogP contribution in [-0.2, 0) is 16.0 Å². The molecule has 0 spiro atoms. The van der Waals surface area contributed by atoms with Gasteiger partial charge in [-0.05, 0) is 24.5 Å². The van der Waals surface area contributed by atoms with Gasteiger partial charge in [-0.2, -0.15) is 0 Å². The molecule has 70 valence electrons. The van der Waals surface area contributed by atoms with Crippen molar-refractivity contribution in [3.63, 3.8) is 0 Å². The average Bonchev–Trinajstić information content (AvgIpc) is 2.16. The summed E-state index contributed by atoms with van der Waals surface area (Å²) in [7, 11) is 0. The molecule has 0 saturated carbocycles. The molecule has 2 nitrogen and oxygen atoms in total. The molecule has 0 saturated heterocycles. The molecule has 0 aliphatic heterocycles. The molecule has 0 bridgehead atoms. The van der Waals surface area contributed by atoms with Gasteiger partial charge in [0, 0.05) is 12.0 Å². The second-order valence-electron chi connectivity index (χ2n) is 2.92. The lowest BCUT2D eigenvalue weighted by molar-refractivity contribution is -0.116. The second-order valence-corrected chi connectivity index (χ2v) is 2.92. The predicted octanol–water partition coefficient (Wildman–Crippen LogP) is 1.37. The zero-order valence-electron chi connectivity index (χ0n) is 7.91. The summed E-state index contributed by atoms with van der Waals surface area (Å²) in [5.41, 5.74) is 1.61. The van der Waals surface area contributed by atoms with Gasteiger partial charge in [0.2, 0.25) is 0 Å². The van der Waals surface area contributed by atoms with Gasteiger partial charge in [0.25, 0.3) is 0 Å². The number of hydrogen-bond donors (Lipinski definition) is 0. The topological polar surface area (TPSA) is 34.1 Å². The summed E-state index contributed by atoms with van der Waals surface area (Å²) in [6.07, 6.45) is 0.911. The first-order chi connectivity index (χ1) is 6.74. The van der Waals surface area contributed by atoms with Crippen LogP contribution in [0.5, 0.6) is 0 Å². The number of aldehydes is 1. The SMILES string of the molecule is CC(=O)Cc1ccccc1C#CC=O. The zero-order valence-corrected chi connectivity index (χ0v) is 7.91. The van der Waals surface area contributed by atoms with Crippen LogP contribution < -0.4 is 0 Å². The molecule has 2 heteroatoms. The Morgan fingerprint density at radius 2 is 2.14 bits per heavy atom. The lowest BCUT2D eigenvalue weighted by Gasteiger charge is -2.00. The number of hydrogen-bond acceptors (Lipinski definition) is 2. The number of rotatable bonds is 2. The molecule has 0 amide bonds. The van der Waals surface area contributed by atoms with Crippen LogP contribution in [0.3, 0.4) is 0 Å². The molecule has 0 aromatic heterocycles. The summed E-state index contributed by atoms with van der Waals surface area (Å²) >= 11 is 0. The van der Waals surface area contributed by atoms with Gasteiger partial charge < -0.3 is 0 Å². The Kier molecular flexibility index (Phi) is 3.63. The second kappa shape index (κ2) is 4.98. The molecule has 0 N–H and O–H groups in total. The number of carbonyl (C=O) groups excluding carboxylic acids is 2. The van der Waals surface area contributed by atoms with E-state index in [0.717, 1.165) is 11.1 Å². The highest BCUT2D eigenvalue weighted by molar-refractivity contribution is 5.79. The first-order valence-electron chi connectivity index (χ1n) is 4.26. The van der Waals surface area contributed by atoms with Crippen LogP contribution in [0.4, 0.5) is 0 Å². The van der Waals surface area contributed by atoms with Crippen LogP contribution in [0.15, 0.2) is 24.3 Å². The molecular formula is C12H10O2. The summed E-state index contributed by atoms with van der Waals surface area (Å²) < 4.78 is 0. The Labute approximate surface area is 82.9 Å². The summed E-state index contributed by atoms with van der Waals surface area (Å²) in [6, 6.07) is 7.33. The lowest BCUT2D eigenvalue weighted by Crippen LogP contribution is -1.98. The van der Waals surface area contributed by atoms with E-state index in [9.17, 15) is 9.59 Å². The van der Waals surface area contributed by atoms with E-state index < -0.39 is 0 Å². The van der Waals surface area contributed by atoms with E-state index >= 15 is 0 Å². The fourth-order valence-electron chi connectivity index (χ4n) is 1.17. The van der Waals surface area contributed by atoms with Crippen LogP contribution >= 0.6 is 0 Å². The molecule has 0 aliphatic rings. The standard InChI is InChI=1S/C12H10O2/c1-10(14)9-12-6-3-2-5-11(12)7-4-8-13/h2-3,5-6,8H,9H2,1H3. The Morgan fingerprint density at radius 3 is 2.79 bits per heavy atom. The summed E-state index contributed by atoms with van der Waals surface area (Å²) in [6.45, 7) is 1.53. The van der Waals surface area contributed by atoms with Crippen molar-refractivity contribution in [2.45, 2.75) is 13.3 Å². The Hall–Kier alpha value is -1.88. The molecule has 1 aromatic rings. The van der Waals surface area contributed by atoms with Gasteiger partial charge in [0.15, 0.2) is 6.29 Å². The van der Waals surface area contributed by atoms with E-state index in [1.807, 2.05) is 18.2 Å². The van der Waals surface area contributed by atoms with Gasteiger partial charge >= 0.3 is 0 Å². The highest BCUT2D eigenvalue weighted by atomic mass is 16.1. The van der Waals surface area contributed by atoms with Gasteiger partial charge in [-0.3, -0.25) is 9.59 Å². The van der Waals surface area contributed by atoms with Gasteiger partial charge in [0.1, 0.15) is 5.78 Å². The largest absolute Gasteiger partial charge is 0.300 e. The van der Waals surface area contributed by atoms with Gasteiger partial charge in [-0.1, -0.05) is 24.1 Å². The van der Waals surface area contributed by atoms with E-state index in [2.05, 4.69) is 11.8 Å². The fourth-order valence-corrected chi connectivity index (χ4v) is 1.17. The summed E-state index contributed by atoms with van der Waals surface area (Å²) in [5.74, 6) is 5.12.